The van der Waals surface area contributed by atoms with Crippen LogP contribution in [0.1, 0.15) is 24.1 Å². The predicted octanol–water partition coefficient (Wildman–Crippen LogP) is 3.81. The van der Waals surface area contributed by atoms with Gasteiger partial charge >= 0.3 is 0 Å². The molecule has 31 heavy (non-hydrogen) atoms. The number of carbonyl (C=O) groups excluding carboxylic acids is 2. The van der Waals surface area contributed by atoms with Gasteiger partial charge in [0.05, 0.1) is 23.9 Å². The first-order valence-electron chi connectivity index (χ1n) is 9.75. The van der Waals surface area contributed by atoms with Crippen LogP contribution in [0.5, 0.6) is 11.5 Å². The van der Waals surface area contributed by atoms with Gasteiger partial charge in [-0.3, -0.25) is 19.5 Å². The number of anilines is 1. The number of aliphatic hydroxyl groups excluding tert-OH is 1. The minimum absolute atomic E-state index is 0.0758. The van der Waals surface area contributed by atoms with Crippen molar-refractivity contribution in [2.24, 2.45) is 0 Å². The van der Waals surface area contributed by atoms with Gasteiger partial charge in [-0.1, -0.05) is 24.3 Å². The predicted molar refractivity (Wildman–Crippen MR) is 115 cm³/mol. The zero-order valence-corrected chi connectivity index (χ0v) is 16.7. The normalized spacial score (nSPS) is 17.7. The number of hydrogen-bond donors (Lipinski definition) is 2. The SMILES string of the molecule is CCOc1cccc(/C(O)=C2\C(=O)C(=O)N(c3ccccc3O)C2c2ccncc2)c1. The summed E-state index contributed by atoms with van der Waals surface area (Å²) in [5.41, 5.74) is 1.02. The van der Waals surface area contributed by atoms with Gasteiger partial charge in [0, 0.05) is 18.0 Å². The average Bonchev–Trinajstić information content (AvgIpc) is 3.05. The summed E-state index contributed by atoms with van der Waals surface area (Å²) in [7, 11) is 0. The molecule has 2 aromatic carbocycles. The number of hydrogen-bond acceptors (Lipinski definition) is 6. The highest BCUT2D eigenvalue weighted by molar-refractivity contribution is 6.51. The topological polar surface area (TPSA) is 100.0 Å². The lowest BCUT2D eigenvalue weighted by Gasteiger charge is -2.25. The molecule has 1 aromatic heterocycles. The number of rotatable bonds is 5. The third-order valence-corrected chi connectivity index (χ3v) is 5.03. The molecule has 7 nitrogen and oxygen atoms in total. The maximum Gasteiger partial charge on any atom is 0.300 e. The Morgan fingerprint density at radius 2 is 1.81 bits per heavy atom. The van der Waals surface area contributed by atoms with Gasteiger partial charge in [0.15, 0.2) is 0 Å². The van der Waals surface area contributed by atoms with Crippen LogP contribution >= 0.6 is 0 Å². The number of aromatic nitrogens is 1. The minimum atomic E-state index is -0.938. The number of para-hydroxylation sites is 2. The Morgan fingerprint density at radius 1 is 1.06 bits per heavy atom. The quantitative estimate of drug-likeness (QED) is 0.373. The van der Waals surface area contributed by atoms with Crippen LogP contribution in [-0.4, -0.2) is 33.5 Å². The molecule has 7 heteroatoms. The third-order valence-electron chi connectivity index (χ3n) is 5.03. The molecule has 4 rings (SSSR count). The first-order chi connectivity index (χ1) is 15.0. The molecule has 156 valence electrons. The highest BCUT2D eigenvalue weighted by Crippen LogP contribution is 2.44. The lowest BCUT2D eigenvalue weighted by Crippen LogP contribution is -2.29. The summed E-state index contributed by atoms with van der Waals surface area (Å²) < 4.78 is 5.49. The number of phenolic OH excluding ortho intramolecular Hbond substituents is 1. The number of ketones is 1. The molecule has 0 bridgehead atoms. The summed E-state index contributed by atoms with van der Waals surface area (Å²) in [5, 5.41) is 21.5. The van der Waals surface area contributed by atoms with Gasteiger partial charge in [0.1, 0.15) is 17.3 Å². The van der Waals surface area contributed by atoms with Crippen molar-refractivity contribution in [1.82, 2.24) is 4.98 Å². The van der Waals surface area contributed by atoms with E-state index in [0.29, 0.717) is 23.5 Å². The molecular formula is C24H20N2O5. The molecule has 1 amide bonds. The van der Waals surface area contributed by atoms with E-state index in [1.807, 2.05) is 6.92 Å². The molecule has 2 N–H and O–H groups in total. The lowest BCUT2D eigenvalue weighted by atomic mass is 9.95. The molecule has 1 unspecified atom stereocenters. The Morgan fingerprint density at radius 3 is 2.52 bits per heavy atom. The number of ether oxygens (including phenoxy) is 1. The molecule has 1 atom stereocenters. The number of aliphatic hydroxyl groups is 1. The van der Waals surface area contributed by atoms with Crippen molar-refractivity contribution in [1.29, 1.82) is 0 Å². The van der Waals surface area contributed by atoms with E-state index >= 15 is 0 Å². The van der Waals surface area contributed by atoms with Crippen molar-refractivity contribution in [2.45, 2.75) is 13.0 Å². The summed E-state index contributed by atoms with van der Waals surface area (Å²) in [6, 6.07) is 15.3. The Bertz CT molecular complexity index is 1170. The van der Waals surface area contributed by atoms with Gasteiger partial charge < -0.3 is 14.9 Å². The van der Waals surface area contributed by atoms with Crippen LogP contribution < -0.4 is 9.64 Å². The van der Waals surface area contributed by atoms with E-state index in [1.54, 1.807) is 54.6 Å². The molecule has 1 aliphatic rings. The van der Waals surface area contributed by atoms with Crippen molar-refractivity contribution < 1.29 is 24.5 Å². The molecule has 0 spiro atoms. The van der Waals surface area contributed by atoms with Crippen LogP contribution in [0.15, 0.2) is 78.6 Å². The third kappa shape index (κ3) is 3.61. The smallest absolute Gasteiger partial charge is 0.300 e. The van der Waals surface area contributed by atoms with Gasteiger partial charge in [0.25, 0.3) is 11.7 Å². The largest absolute Gasteiger partial charge is 0.507 e. The second-order valence-corrected chi connectivity index (χ2v) is 6.90. The number of carbonyl (C=O) groups is 2. The summed E-state index contributed by atoms with van der Waals surface area (Å²) in [6.45, 7) is 2.28. The number of benzene rings is 2. The van der Waals surface area contributed by atoms with Crippen molar-refractivity contribution in [2.75, 3.05) is 11.5 Å². The molecule has 1 aliphatic heterocycles. The van der Waals surface area contributed by atoms with Gasteiger partial charge in [0.2, 0.25) is 0 Å². The monoisotopic (exact) mass is 416 g/mol. The number of nitrogens with zero attached hydrogens (tertiary/aromatic N) is 2. The summed E-state index contributed by atoms with van der Waals surface area (Å²) in [6.07, 6.45) is 3.08. The second-order valence-electron chi connectivity index (χ2n) is 6.90. The highest BCUT2D eigenvalue weighted by Gasteiger charge is 2.47. The zero-order chi connectivity index (χ0) is 22.0. The number of aromatic hydroxyl groups is 1. The first-order valence-corrected chi connectivity index (χ1v) is 9.75. The fourth-order valence-corrected chi connectivity index (χ4v) is 3.67. The van der Waals surface area contributed by atoms with Crippen LogP contribution in [0.25, 0.3) is 5.76 Å². The molecular weight excluding hydrogens is 396 g/mol. The van der Waals surface area contributed by atoms with Crippen LogP contribution in [-0.2, 0) is 9.59 Å². The fraction of sp³-hybridized carbons (Fsp3) is 0.125. The molecule has 3 aromatic rings. The van der Waals surface area contributed by atoms with Crippen molar-refractivity contribution >= 4 is 23.1 Å². The summed E-state index contributed by atoms with van der Waals surface area (Å²) in [5.74, 6) is -1.63. The van der Waals surface area contributed by atoms with E-state index in [9.17, 15) is 19.8 Å². The van der Waals surface area contributed by atoms with Crippen LogP contribution in [0, 0.1) is 0 Å². The molecule has 2 heterocycles. The number of pyridine rings is 1. The highest BCUT2D eigenvalue weighted by atomic mass is 16.5. The molecule has 0 radical (unpaired) electrons. The van der Waals surface area contributed by atoms with E-state index in [4.69, 9.17) is 4.74 Å². The second kappa shape index (κ2) is 8.31. The van der Waals surface area contributed by atoms with E-state index in [-0.39, 0.29) is 22.8 Å². The molecule has 0 aliphatic carbocycles. The maximum atomic E-state index is 13.1. The maximum absolute atomic E-state index is 13.1. The number of amides is 1. The van der Waals surface area contributed by atoms with Gasteiger partial charge in [-0.25, -0.2) is 0 Å². The van der Waals surface area contributed by atoms with Crippen LogP contribution in [0.3, 0.4) is 0 Å². The number of phenols is 1. The first kappa shape index (κ1) is 20.2. The van der Waals surface area contributed by atoms with Gasteiger partial charge in [-0.15, -0.1) is 0 Å². The average molecular weight is 416 g/mol. The van der Waals surface area contributed by atoms with Crippen molar-refractivity contribution in [3.8, 4) is 11.5 Å². The molecule has 1 fully saturated rings. The summed E-state index contributed by atoms with van der Waals surface area (Å²) in [4.78, 5) is 31.3. The standard InChI is InChI=1S/C24H20N2O5/c1-2-31-17-7-5-6-16(14-17)22(28)20-21(15-10-12-25-13-11-15)26(24(30)23(20)29)18-8-3-4-9-19(18)27/h3-14,21,27-28H,2H2,1H3/b22-20+. The summed E-state index contributed by atoms with van der Waals surface area (Å²) >= 11 is 0. The fourth-order valence-electron chi connectivity index (χ4n) is 3.67. The van der Waals surface area contributed by atoms with Crippen molar-refractivity contribution in [3.05, 3.63) is 89.8 Å². The Balaban J connectivity index is 1.93. The van der Waals surface area contributed by atoms with E-state index in [0.717, 1.165) is 0 Å². The minimum Gasteiger partial charge on any atom is -0.507 e. The van der Waals surface area contributed by atoms with E-state index < -0.39 is 17.7 Å². The Hall–Kier alpha value is -4.13. The zero-order valence-electron chi connectivity index (χ0n) is 16.7. The van der Waals surface area contributed by atoms with Gasteiger partial charge in [-0.05, 0) is 48.9 Å². The van der Waals surface area contributed by atoms with Crippen LogP contribution in [0.2, 0.25) is 0 Å². The van der Waals surface area contributed by atoms with Crippen molar-refractivity contribution in [3.63, 3.8) is 0 Å². The van der Waals surface area contributed by atoms with Crippen LogP contribution in [0.4, 0.5) is 5.69 Å². The van der Waals surface area contributed by atoms with E-state index in [2.05, 4.69) is 4.98 Å². The van der Waals surface area contributed by atoms with Gasteiger partial charge in [-0.2, -0.15) is 0 Å². The number of Topliss-reactive ketones (excluding diaryl/α,β-unsaturated/α-hetero) is 1. The van der Waals surface area contributed by atoms with E-state index in [1.165, 1.54) is 23.4 Å². The molecule has 0 saturated carbocycles. The lowest BCUT2D eigenvalue weighted by molar-refractivity contribution is -0.132. The molecule has 1 saturated heterocycles. The Kier molecular flexibility index (Phi) is 5.41. The Labute approximate surface area is 178 Å².